The second kappa shape index (κ2) is 7.85. The number of benzene rings is 1. The van der Waals surface area contributed by atoms with Crippen LogP contribution in [0.5, 0.6) is 0 Å². The summed E-state index contributed by atoms with van der Waals surface area (Å²) >= 11 is 13.7. The minimum absolute atomic E-state index is 0.514. The van der Waals surface area contributed by atoms with Crippen LogP contribution >= 0.6 is 35.0 Å². The molecule has 5 nitrogen and oxygen atoms in total. The van der Waals surface area contributed by atoms with Crippen molar-refractivity contribution in [3.05, 3.63) is 34.1 Å². The molecule has 0 saturated carbocycles. The molecule has 1 fully saturated rings. The molecule has 1 saturated heterocycles. The molecule has 23 heavy (non-hydrogen) atoms. The van der Waals surface area contributed by atoms with Gasteiger partial charge in [-0.3, -0.25) is 4.90 Å². The van der Waals surface area contributed by atoms with Gasteiger partial charge in [0.05, 0.1) is 28.9 Å². The van der Waals surface area contributed by atoms with Gasteiger partial charge in [-0.1, -0.05) is 35.0 Å². The third-order valence-corrected chi connectivity index (χ3v) is 5.20. The number of rotatable bonds is 5. The smallest absolute Gasteiger partial charge is 0.209 e. The Morgan fingerprint density at radius 2 is 2.00 bits per heavy atom. The zero-order valence-electron chi connectivity index (χ0n) is 12.8. The lowest BCUT2D eigenvalue weighted by Gasteiger charge is -2.25. The van der Waals surface area contributed by atoms with Crippen LogP contribution in [0.3, 0.4) is 0 Å². The Kier molecular flexibility index (Phi) is 5.82. The van der Waals surface area contributed by atoms with Crippen LogP contribution in [-0.4, -0.2) is 58.3 Å². The van der Waals surface area contributed by atoms with E-state index in [0.29, 0.717) is 10.0 Å². The summed E-state index contributed by atoms with van der Waals surface area (Å²) in [6.07, 6.45) is 0. The second-order valence-electron chi connectivity index (χ2n) is 5.25. The van der Waals surface area contributed by atoms with Crippen molar-refractivity contribution in [3.8, 4) is 5.69 Å². The molecule has 1 aliphatic heterocycles. The number of aromatic nitrogens is 3. The predicted octanol–water partition coefficient (Wildman–Crippen LogP) is 3.31. The Bertz CT molecular complexity index is 673. The maximum Gasteiger partial charge on any atom is 0.209 e. The highest BCUT2D eigenvalue weighted by Gasteiger charge is 2.12. The predicted molar refractivity (Wildman–Crippen MR) is 94.1 cm³/mol. The van der Waals surface area contributed by atoms with Crippen molar-refractivity contribution >= 4 is 35.0 Å². The van der Waals surface area contributed by atoms with Crippen molar-refractivity contribution in [1.82, 2.24) is 19.7 Å². The van der Waals surface area contributed by atoms with Gasteiger partial charge in [0.15, 0.2) is 0 Å². The highest BCUT2D eigenvalue weighted by molar-refractivity contribution is 7.99. The Balaban J connectivity index is 1.62. The van der Waals surface area contributed by atoms with Crippen molar-refractivity contribution in [2.24, 2.45) is 0 Å². The van der Waals surface area contributed by atoms with Crippen molar-refractivity contribution in [3.63, 3.8) is 0 Å². The molecule has 2 aromatic rings. The van der Waals surface area contributed by atoms with E-state index in [2.05, 4.69) is 15.0 Å². The number of hydrogen-bond acceptors (Lipinski definition) is 5. The lowest BCUT2D eigenvalue weighted by atomic mass is 10.3. The first-order valence-electron chi connectivity index (χ1n) is 7.45. The van der Waals surface area contributed by atoms with E-state index >= 15 is 0 Å². The number of thioether (sulfide) groups is 1. The molecule has 0 amide bonds. The molecule has 0 N–H and O–H groups in total. The van der Waals surface area contributed by atoms with E-state index < -0.39 is 0 Å². The molecule has 1 aromatic heterocycles. The van der Waals surface area contributed by atoms with E-state index in [-0.39, 0.29) is 0 Å². The van der Waals surface area contributed by atoms with E-state index in [0.717, 1.165) is 55.3 Å². The summed E-state index contributed by atoms with van der Waals surface area (Å²) < 4.78 is 7.14. The highest BCUT2D eigenvalue weighted by atomic mass is 35.5. The minimum Gasteiger partial charge on any atom is -0.379 e. The second-order valence-corrected chi connectivity index (χ2v) is 7.13. The molecule has 3 rings (SSSR count). The minimum atomic E-state index is 0.514. The van der Waals surface area contributed by atoms with Crippen LogP contribution in [0.2, 0.25) is 10.0 Å². The van der Waals surface area contributed by atoms with Crippen LogP contribution in [0.25, 0.3) is 5.69 Å². The third-order valence-electron chi connectivity index (χ3n) is 3.64. The fraction of sp³-hybridized carbons (Fsp3) is 0.467. The van der Waals surface area contributed by atoms with Gasteiger partial charge in [0.2, 0.25) is 5.16 Å². The van der Waals surface area contributed by atoms with E-state index in [1.807, 2.05) is 13.0 Å². The number of aryl methyl sites for hydroxylation is 1. The van der Waals surface area contributed by atoms with Gasteiger partial charge in [-0.2, -0.15) is 0 Å². The maximum absolute atomic E-state index is 6.08. The average molecular weight is 373 g/mol. The highest BCUT2D eigenvalue weighted by Crippen LogP contribution is 2.25. The SMILES string of the molecule is Cc1nc(SCCN2CCOCC2)nn1-c1ccc(Cl)c(Cl)c1. The fourth-order valence-electron chi connectivity index (χ4n) is 2.38. The number of halogens is 2. The summed E-state index contributed by atoms with van der Waals surface area (Å²) in [7, 11) is 0. The lowest BCUT2D eigenvalue weighted by Crippen LogP contribution is -2.37. The zero-order chi connectivity index (χ0) is 16.2. The topological polar surface area (TPSA) is 43.2 Å². The molecule has 124 valence electrons. The molecule has 1 aliphatic rings. The van der Waals surface area contributed by atoms with E-state index in [1.54, 1.807) is 28.6 Å². The van der Waals surface area contributed by atoms with Gasteiger partial charge in [-0.25, -0.2) is 9.67 Å². The Labute approximate surface area is 149 Å². The van der Waals surface area contributed by atoms with E-state index in [4.69, 9.17) is 27.9 Å². The largest absolute Gasteiger partial charge is 0.379 e. The van der Waals surface area contributed by atoms with Crippen molar-refractivity contribution in [2.75, 3.05) is 38.6 Å². The van der Waals surface area contributed by atoms with Gasteiger partial charge >= 0.3 is 0 Å². The lowest BCUT2D eigenvalue weighted by molar-refractivity contribution is 0.0410. The van der Waals surface area contributed by atoms with Crippen LogP contribution in [0.15, 0.2) is 23.4 Å². The molecule has 0 atom stereocenters. The van der Waals surface area contributed by atoms with Crippen LogP contribution < -0.4 is 0 Å². The monoisotopic (exact) mass is 372 g/mol. The van der Waals surface area contributed by atoms with Gasteiger partial charge in [0, 0.05) is 25.4 Å². The van der Waals surface area contributed by atoms with Crippen LogP contribution in [-0.2, 0) is 4.74 Å². The van der Waals surface area contributed by atoms with Gasteiger partial charge in [0.25, 0.3) is 0 Å². The van der Waals surface area contributed by atoms with Crippen LogP contribution in [0.4, 0.5) is 0 Å². The molecule has 0 spiro atoms. The van der Waals surface area contributed by atoms with Crippen molar-refractivity contribution in [2.45, 2.75) is 12.1 Å². The normalized spacial score (nSPS) is 16.0. The summed E-state index contributed by atoms with van der Waals surface area (Å²) in [6.45, 7) is 6.62. The quantitative estimate of drug-likeness (QED) is 0.753. The van der Waals surface area contributed by atoms with E-state index in [1.165, 1.54) is 0 Å². The first kappa shape index (κ1) is 17.0. The number of nitrogens with zero attached hydrogens (tertiary/aromatic N) is 4. The fourth-order valence-corrected chi connectivity index (χ4v) is 3.54. The summed E-state index contributed by atoms with van der Waals surface area (Å²) in [5, 5.41) is 6.39. The number of ether oxygens (including phenoxy) is 1. The summed E-state index contributed by atoms with van der Waals surface area (Å²) in [5.74, 6) is 1.79. The average Bonchev–Trinajstić information content (AvgIpc) is 2.92. The maximum atomic E-state index is 6.08. The molecule has 2 heterocycles. The zero-order valence-corrected chi connectivity index (χ0v) is 15.2. The standard InChI is InChI=1S/C15H18Cl2N4OS/c1-11-18-15(23-9-6-20-4-7-22-8-5-20)19-21(11)12-2-3-13(16)14(17)10-12/h2-3,10H,4-9H2,1H3. The molecule has 0 unspecified atom stereocenters. The summed E-state index contributed by atoms with van der Waals surface area (Å²) in [6, 6.07) is 5.46. The van der Waals surface area contributed by atoms with Gasteiger partial charge in [-0.05, 0) is 25.1 Å². The molecule has 8 heteroatoms. The summed E-state index contributed by atoms with van der Waals surface area (Å²) in [4.78, 5) is 6.92. The molecule has 1 aromatic carbocycles. The van der Waals surface area contributed by atoms with Crippen molar-refractivity contribution < 1.29 is 4.74 Å². The Hall–Kier alpha value is -0.790. The molecule has 0 radical (unpaired) electrons. The van der Waals surface area contributed by atoms with E-state index in [9.17, 15) is 0 Å². The number of hydrogen-bond donors (Lipinski definition) is 0. The molecular formula is C15H18Cl2N4OS. The van der Waals surface area contributed by atoms with Crippen LogP contribution in [0, 0.1) is 6.92 Å². The van der Waals surface area contributed by atoms with Crippen LogP contribution in [0.1, 0.15) is 5.82 Å². The third kappa shape index (κ3) is 4.39. The van der Waals surface area contributed by atoms with Gasteiger partial charge < -0.3 is 4.74 Å². The Morgan fingerprint density at radius 1 is 1.22 bits per heavy atom. The molecule has 0 aliphatic carbocycles. The summed E-state index contributed by atoms with van der Waals surface area (Å²) in [5.41, 5.74) is 0.865. The first-order chi connectivity index (χ1) is 11.1. The first-order valence-corrected chi connectivity index (χ1v) is 9.19. The number of morpholine rings is 1. The molecule has 0 bridgehead atoms. The Morgan fingerprint density at radius 3 is 2.74 bits per heavy atom. The van der Waals surface area contributed by atoms with Gasteiger partial charge in [-0.15, -0.1) is 5.10 Å². The molecular weight excluding hydrogens is 355 g/mol. The van der Waals surface area contributed by atoms with Crippen molar-refractivity contribution in [1.29, 1.82) is 0 Å². The van der Waals surface area contributed by atoms with Gasteiger partial charge in [0.1, 0.15) is 5.82 Å².